The molecular weight excluding hydrogens is 398 g/mol. The molecule has 0 aliphatic rings. The highest BCUT2D eigenvalue weighted by atomic mass is 32.1. The van der Waals surface area contributed by atoms with Gasteiger partial charge in [0.2, 0.25) is 6.10 Å². The van der Waals surface area contributed by atoms with E-state index < -0.39 is 18.0 Å². The minimum absolute atomic E-state index is 0.388. The third kappa shape index (κ3) is 4.26. The van der Waals surface area contributed by atoms with E-state index in [-0.39, 0.29) is 0 Å². The Morgan fingerprint density at radius 1 is 1.13 bits per heavy atom. The second-order valence-corrected chi connectivity index (χ2v) is 7.77. The van der Waals surface area contributed by atoms with E-state index in [2.05, 4.69) is 10.3 Å². The van der Waals surface area contributed by atoms with Gasteiger partial charge in [-0.25, -0.2) is 4.79 Å². The van der Waals surface area contributed by atoms with Crippen LogP contribution in [0.25, 0.3) is 10.2 Å². The fourth-order valence-corrected chi connectivity index (χ4v) is 4.11. The van der Waals surface area contributed by atoms with E-state index in [1.54, 1.807) is 53.4 Å². The molecule has 0 aliphatic heterocycles. The maximum atomic E-state index is 12.9. The number of hydrogen-bond donors (Lipinski definition) is 1. The molecule has 0 radical (unpaired) electrons. The number of benzene rings is 1. The Hall–Kier alpha value is -3.45. The molecule has 0 saturated carbocycles. The maximum absolute atomic E-state index is 12.9. The predicted octanol–water partition coefficient (Wildman–Crippen LogP) is 3.89. The first-order chi connectivity index (χ1) is 14.6. The molecule has 0 fully saturated rings. The van der Waals surface area contributed by atoms with Crippen LogP contribution in [0.5, 0.6) is 0 Å². The first-order valence-corrected chi connectivity index (χ1v) is 10.5. The summed E-state index contributed by atoms with van der Waals surface area (Å²) in [7, 11) is 1.81. The number of ether oxygens (including phenoxy) is 1. The Morgan fingerprint density at radius 2 is 1.93 bits per heavy atom. The Morgan fingerprint density at radius 3 is 2.67 bits per heavy atom. The van der Waals surface area contributed by atoms with Crippen LogP contribution in [0.1, 0.15) is 27.8 Å². The molecule has 0 bridgehead atoms. The highest BCUT2D eigenvalue weighted by Crippen LogP contribution is 2.26. The number of nitrogens with one attached hydrogen (secondary N) is 1. The van der Waals surface area contributed by atoms with Gasteiger partial charge in [-0.15, -0.1) is 11.3 Å². The van der Waals surface area contributed by atoms with Crippen molar-refractivity contribution in [3.8, 4) is 0 Å². The number of esters is 1. The summed E-state index contributed by atoms with van der Waals surface area (Å²) in [5, 5.41) is 4.83. The van der Waals surface area contributed by atoms with Gasteiger partial charge in [0, 0.05) is 19.8 Å². The van der Waals surface area contributed by atoms with Crippen LogP contribution in [0.15, 0.2) is 72.2 Å². The molecule has 30 heavy (non-hydrogen) atoms. The normalized spacial score (nSPS) is 11.9. The molecule has 3 aromatic heterocycles. The van der Waals surface area contributed by atoms with E-state index in [9.17, 15) is 9.59 Å². The minimum atomic E-state index is -1.12. The number of aryl methyl sites for hydroxylation is 1. The van der Waals surface area contributed by atoms with Gasteiger partial charge in [0.15, 0.2) is 0 Å². The summed E-state index contributed by atoms with van der Waals surface area (Å²) in [5.41, 5.74) is 2.86. The topological polar surface area (TPSA) is 73.2 Å². The van der Waals surface area contributed by atoms with Crippen molar-refractivity contribution in [2.24, 2.45) is 7.05 Å². The van der Waals surface area contributed by atoms with Crippen molar-refractivity contribution in [2.45, 2.75) is 12.5 Å². The van der Waals surface area contributed by atoms with E-state index in [0.29, 0.717) is 24.4 Å². The summed E-state index contributed by atoms with van der Waals surface area (Å²) < 4.78 is 8.40. The number of rotatable bonds is 7. The lowest BCUT2D eigenvalue weighted by Crippen LogP contribution is -2.34. The molecule has 3 heterocycles. The second kappa shape index (κ2) is 8.92. The number of carbonyl (C=O) groups is 2. The predicted molar refractivity (Wildman–Crippen MR) is 116 cm³/mol. The number of fused-ring (bicyclic) bond motifs is 1. The molecule has 0 saturated heterocycles. The molecule has 4 rings (SSSR count). The summed E-state index contributed by atoms with van der Waals surface area (Å²) in [6, 6.07) is 18.8. The van der Waals surface area contributed by atoms with E-state index in [1.807, 2.05) is 41.8 Å². The third-order valence-electron chi connectivity index (χ3n) is 4.85. The van der Waals surface area contributed by atoms with Crippen LogP contribution in [-0.4, -0.2) is 28.0 Å². The molecule has 0 spiro atoms. The second-order valence-electron chi connectivity index (χ2n) is 6.83. The van der Waals surface area contributed by atoms with Crippen molar-refractivity contribution < 1.29 is 14.3 Å². The van der Waals surface area contributed by atoms with Crippen LogP contribution in [-0.2, 0) is 23.0 Å². The fraction of sp³-hybridized carbons (Fsp3) is 0.174. The lowest BCUT2D eigenvalue weighted by Gasteiger charge is -2.17. The standard InChI is InChI=1S/C23H21N3O3S/c1-26-18-11-14-30-20(18)15-19(26)23(28)29-21(17-9-5-6-12-24-17)22(27)25-13-10-16-7-3-2-4-8-16/h2-9,11-12,14-15,21H,10,13H2,1H3,(H,25,27)/t21-/m1/s1. The van der Waals surface area contributed by atoms with Crippen LogP contribution in [0, 0.1) is 0 Å². The Kier molecular flexibility index (Phi) is 5.90. The monoisotopic (exact) mass is 419 g/mol. The highest BCUT2D eigenvalue weighted by Gasteiger charge is 2.28. The molecule has 0 unspecified atom stereocenters. The summed E-state index contributed by atoms with van der Waals surface area (Å²) in [6.07, 6.45) is 1.14. The SMILES string of the molecule is Cn1c(C(=O)O[C@@H](C(=O)NCCc2ccccc2)c2ccccn2)cc2sccc21. The van der Waals surface area contributed by atoms with Crippen LogP contribution in [0.3, 0.4) is 0 Å². The lowest BCUT2D eigenvalue weighted by molar-refractivity contribution is -0.130. The van der Waals surface area contributed by atoms with Crippen molar-refractivity contribution in [3.63, 3.8) is 0 Å². The van der Waals surface area contributed by atoms with Gasteiger partial charge in [-0.3, -0.25) is 9.78 Å². The molecular formula is C23H21N3O3S. The molecule has 7 heteroatoms. The van der Waals surface area contributed by atoms with Crippen molar-refractivity contribution in [2.75, 3.05) is 6.54 Å². The molecule has 1 aromatic carbocycles. The highest BCUT2D eigenvalue weighted by molar-refractivity contribution is 7.17. The smallest absolute Gasteiger partial charge is 0.356 e. The average Bonchev–Trinajstić information content (AvgIpc) is 3.36. The minimum Gasteiger partial charge on any atom is -0.441 e. The van der Waals surface area contributed by atoms with Gasteiger partial charge in [-0.05, 0) is 41.6 Å². The van der Waals surface area contributed by atoms with Crippen molar-refractivity contribution in [1.82, 2.24) is 14.9 Å². The summed E-state index contributed by atoms with van der Waals surface area (Å²) in [4.78, 5) is 30.0. The molecule has 1 N–H and O–H groups in total. The van der Waals surface area contributed by atoms with Crippen molar-refractivity contribution >= 4 is 33.4 Å². The first kappa shape index (κ1) is 19.8. The van der Waals surface area contributed by atoms with Gasteiger partial charge >= 0.3 is 5.97 Å². The van der Waals surface area contributed by atoms with Crippen LogP contribution >= 0.6 is 11.3 Å². The lowest BCUT2D eigenvalue weighted by atomic mass is 10.1. The number of nitrogens with zero attached hydrogens (tertiary/aromatic N) is 2. The maximum Gasteiger partial charge on any atom is 0.356 e. The van der Waals surface area contributed by atoms with E-state index in [0.717, 1.165) is 15.8 Å². The quantitative estimate of drug-likeness (QED) is 0.461. The first-order valence-electron chi connectivity index (χ1n) is 9.60. The number of pyridine rings is 1. The van der Waals surface area contributed by atoms with E-state index in [4.69, 9.17) is 4.74 Å². The number of aromatic nitrogens is 2. The Balaban J connectivity index is 1.49. The van der Waals surface area contributed by atoms with Crippen LogP contribution < -0.4 is 5.32 Å². The van der Waals surface area contributed by atoms with Crippen molar-refractivity contribution in [3.05, 3.63) is 89.2 Å². The van der Waals surface area contributed by atoms with Gasteiger partial charge in [-0.2, -0.15) is 0 Å². The number of thiophene rings is 1. The summed E-state index contributed by atoms with van der Waals surface area (Å²) in [5.74, 6) is -0.955. The van der Waals surface area contributed by atoms with Gasteiger partial charge in [0.25, 0.3) is 5.91 Å². The molecule has 1 amide bonds. The zero-order chi connectivity index (χ0) is 20.9. The van der Waals surface area contributed by atoms with Gasteiger partial charge in [0.1, 0.15) is 5.69 Å². The Bertz CT molecular complexity index is 1150. The fourth-order valence-electron chi connectivity index (χ4n) is 3.26. The zero-order valence-electron chi connectivity index (χ0n) is 16.4. The van der Waals surface area contributed by atoms with E-state index in [1.165, 1.54) is 0 Å². The molecule has 4 aromatic rings. The molecule has 1 atom stereocenters. The molecule has 0 aliphatic carbocycles. The van der Waals surface area contributed by atoms with Gasteiger partial charge in [-0.1, -0.05) is 36.4 Å². The third-order valence-corrected chi connectivity index (χ3v) is 5.70. The Labute approximate surface area is 178 Å². The summed E-state index contributed by atoms with van der Waals surface area (Å²) >= 11 is 1.55. The molecule has 152 valence electrons. The van der Waals surface area contributed by atoms with Crippen LogP contribution in [0.2, 0.25) is 0 Å². The van der Waals surface area contributed by atoms with E-state index >= 15 is 0 Å². The molecule has 6 nitrogen and oxygen atoms in total. The van der Waals surface area contributed by atoms with Gasteiger partial charge in [0.05, 0.1) is 15.9 Å². The number of carbonyl (C=O) groups excluding carboxylic acids is 2. The zero-order valence-corrected chi connectivity index (χ0v) is 17.3. The van der Waals surface area contributed by atoms with Gasteiger partial charge < -0.3 is 14.6 Å². The summed E-state index contributed by atoms with van der Waals surface area (Å²) in [6.45, 7) is 0.434. The van der Waals surface area contributed by atoms with Crippen molar-refractivity contribution in [1.29, 1.82) is 0 Å². The van der Waals surface area contributed by atoms with Crippen LogP contribution in [0.4, 0.5) is 0 Å². The number of amides is 1. The number of hydrogen-bond acceptors (Lipinski definition) is 5. The largest absolute Gasteiger partial charge is 0.441 e. The average molecular weight is 420 g/mol.